The van der Waals surface area contributed by atoms with Gasteiger partial charge in [-0.15, -0.1) is 0 Å². The van der Waals surface area contributed by atoms with E-state index in [1.165, 1.54) is 12.8 Å². The number of benzene rings is 1. The second-order valence-electron chi connectivity index (χ2n) is 4.17. The molecule has 3 N–H and O–H groups in total. The minimum atomic E-state index is 0.340. The first kappa shape index (κ1) is 8.80. The highest BCUT2D eigenvalue weighted by Gasteiger charge is 2.26. The van der Waals surface area contributed by atoms with Crippen LogP contribution < -0.4 is 5.73 Å². The monoisotopic (exact) mass is 202 g/mol. The summed E-state index contributed by atoms with van der Waals surface area (Å²) in [5, 5.41) is 10.8. The van der Waals surface area contributed by atoms with E-state index in [2.05, 4.69) is 10.8 Å². The SMILES string of the molecule is NCc1cn(C2CC2)c2cccc(O)c12. The standard InChI is InChI=1S/C12H14N2O/c13-6-8-7-14(9-4-5-9)10-2-1-3-11(15)12(8)10/h1-3,7,9,15H,4-6,13H2. The maximum Gasteiger partial charge on any atom is 0.125 e. The lowest BCUT2D eigenvalue weighted by Crippen LogP contribution is -1.95. The predicted octanol–water partition coefficient (Wildman–Crippen LogP) is 2.14. The van der Waals surface area contributed by atoms with E-state index >= 15 is 0 Å². The molecule has 1 aliphatic carbocycles. The van der Waals surface area contributed by atoms with Gasteiger partial charge in [0.05, 0.1) is 5.52 Å². The van der Waals surface area contributed by atoms with E-state index in [-0.39, 0.29) is 0 Å². The van der Waals surface area contributed by atoms with Crippen molar-refractivity contribution in [3.05, 3.63) is 30.0 Å². The minimum absolute atomic E-state index is 0.340. The molecule has 1 fully saturated rings. The van der Waals surface area contributed by atoms with E-state index in [1.54, 1.807) is 6.07 Å². The third kappa shape index (κ3) is 1.23. The zero-order valence-electron chi connectivity index (χ0n) is 8.48. The zero-order chi connectivity index (χ0) is 10.4. The predicted molar refractivity (Wildman–Crippen MR) is 59.8 cm³/mol. The number of aromatic hydroxyl groups is 1. The van der Waals surface area contributed by atoms with E-state index in [4.69, 9.17) is 5.73 Å². The summed E-state index contributed by atoms with van der Waals surface area (Å²) < 4.78 is 2.25. The summed E-state index contributed by atoms with van der Waals surface area (Å²) in [6.45, 7) is 0.480. The highest BCUT2D eigenvalue weighted by atomic mass is 16.3. The molecule has 1 heterocycles. The summed E-state index contributed by atoms with van der Waals surface area (Å²) >= 11 is 0. The van der Waals surface area contributed by atoms with Crippen molar-refractivity contribution < 1.29 is 5.11 Å². The van der Waals surface area contributed by atoms with E-state index < -0.39 is 0 Å². The Balaban J connectivity index is 2.33. The van der Waals surface area contributed by atoms with Gasteiger partial charge in [0.2, 0.25) is 0 Å². The highest BCUT2D eigenvalue weighted by Crippen LogP contribution is 2.40. The molecule has 1 saturated carbocycles. The van der Waals surface area contributed by atoms with Crippen LogP contribution in [0.3, 0.4) is 0 Å². The Morgan fingerprint density at radius 2 is 2.20 bits per heavy atom. The maximum atomic E-state index is 9.83. The van der Waals surface area contributed by atoms with Gasteiger partial charge in [-0.3, -0.25) is 0 Å². The smallest absolute Gasteiger partial charge is 0.125 e. The number of rotatable bonds is 2. The average molecular weight is 202 g/mol. The van der Waals surface area contributed by atoms with Gasteiger partial charge in [-0.1, -0.05) is 6.07 Å². The number of hydrogen-bond donors (Lipinski definition) is 2. The van der Waals surface area contributed by atoms with Crippen LogP contribution >= 0.6 is 0 Å². The largest absolute Gasteiger partial charge is 0.507 e. The van der Waals surface area contributed by atoms with Gasteiger partial charge < -0.3 is 15.4 Å². The van der Waals surface area contributed by atoms with Gasteiger partial charge in [-0.05, 0) is 30.5 Å². The zero-order valence-corrected chi connectivity index (χ0v) is 8.48. The van der Waals surface area contributed by atoms with Crippen LogP contribution in [0.1, 0.15) is 24.4 Å². The van der Waals surface area contributed by atoms with Gasteiger partial charge in [0, 0.05) is 24.2 Å². The van der Waals surface area contributed by atoms with Gasteiger partial charge in [0.1, 0.15) is 5.75 Å². The number of hydrogen-bond acceptors (Lipinski definition) is 2. The topological polar surface area (TPSA) is 51.2 Å². The molecule has 0 radical (unpaired) electrons. The van der Waals surface area contributed by atoms with E-state index in [0.29, 0.717) is 18.3 Å². The molecule has 0 bridgehead atoms. The van der Waals surface area contributed by atoms with Crippen LogP contribution in [-0.2, 0) is 6.54 Å². The third-order valence-corrected chi connectivity index (χ3v) is 3.07. The molecular formula is C12H14N2O. The highest BCUT2D eigenvalue weighted by molar-refractivity contribution is 5.89. The molecule has 0 atom stereocenters. The average Bonchev–Trinajstić information content (AvgIpc) is 3.00. The Morgan fingerprint density at radius 1 is 1.40 bits per heavy atom. The molecule has 0 amide bonds. The van der Waals surface area contributed by atoms with Gasteiger partial charge in [0.15, 0.2) is 0 Å². The van der Waals surface area contributed by atoms with Gasteiger partial charge >= 0.3 is 0 Å². The van der Waals surface area contributed by atoms with Crippen molar-refractivity contribution in [2.24, 2.45) is 5.73 Å². The molecule has 0 aliphatic heterocycles. The first-order valence-electron chi connectivity index (χ1n) is 5.32. The fourth-order valence-electron chi connectivity index (χ4n) is 2.18. The van der Waals surface area contributed by atoms with Gasteiger partial charge in [-0.25, -0.2) is 0 Å². The summed E-state index contributed by atoms with van der Waals surface area (Å²) in [5.74, 6) is 0.340. The molecule has 1 aromatic heterocycles. The second-order valence-corrected chi connectivity index (χ2v) is 4.17. The summed E-state index contributed by atoms with van der Waals surface area (Å²) in [7, 11) is 0. The Bertz CT molecular complexity index is 512. The lowest BCUT2D eigenvalue weighted by Gasteiger charge is -2.02. The normalized spacial score (nSPS) is 16.1. The van der Waals surface area contributed by atoms with Crippen molar-refractivity contribution >= 4 is 10.9 Å². The Hall–Kier alpha value is -1.48. The van der Waals surface area contributed by atoms with Crippen molar-refractivity contribution in [1.29, 1.82) is 0 Å². The molecule has 0 spiro atoms. The number of nitrogens with two attached hydrogens (primary N) is 1. The molecule has 3 heteroatoms. The number of nitrogens with zero attached hydrogens (tertiary/aromatic N) is 1. The first-order valence-corrected chi connectivity index (χ1v) is 5.32. The van der Waals surface area contributed by atoms with Crippen LogP contribution in [0.25, 0.3) is 10.9 Å². The number of aromatic nitrogens is 1. The number of phenolic OH excluding ortho intramolecular Hbond substituents is 1. The molecule has 3 nitrogen and oxygen atoms in total. The summed E-state index contributed by atoms with van der Waals surface area (Å²) in [5.41, 5.74) is 7.84. The van der Waals surface area contributed by atoms with Crippen LogP contribution in [0.2, 0.25) is 0 Å². The summed E-state index contributed by atoms with van der Waals surface area (Å²) in [6, 6.07) is 6.27. The Kier molecular flexibility index (Phi) is 1.76. The maximum absolute atomic E-state index is 9.83. The van der Waals surface area contributed by atoms with E-state index in [0.717, 1.165) is 16.5 Å². The van der Waals surface area contributed by atoms with Crippen LogP contribution in [0.15, 0.2) is 24.4 Å². The minimum Gasteiger partial charge on any atom is -0.507 e. The van der Waals surface area contributed by atoms with E-state index in [1.807, 2.05) is 12.1 Å². The molecule has 15 heavy (non-hydrogen) atoms. The number of fused-ring (bicyclic) bond motifs is 1. The molecule has 3 rings (SSSR count). The molecule has 0 unspecified atom stereocenters. The van der Waals surface area contributed by atoms with Crippen LogP contribution in [-0.4, -0.2) is 9.67 Å². The van der Waals surface area contributed by atoms with Crippen molar-refractivity contribution in [3.8, 4) is 5.75 Å². The molecule has 78 valence electrons. The fourth-order valence-corrected chi connectivity index (χ4v) is 2.18. The van der Waals surface area contributed by atoms with Crippen molar-refractivity contribution in [2.45, 2.75) is 25.4 Å². The number of phenols is 1. The second kappa shape index (κ2) is 3.00. The molecule has 1 aliphatic rings. The van der Waals surface area contributed by atoms with Crippen LogP contribution in [0, 0.1) is 0 Å². The Labute approximate surface area is 88.1 Å². The first-order chi connectivity index (χ1) is 7.31. The van der Waals surface area contributed by atoms with Gasteiger partial charge in [0.25, 0.3) is 0 Å². The van der Waals surface area contributed by atoms with Crippen LogP contribution in [0.4, 0.5) is 0 Å². The summed E-state index contributed by atoms with van der Waals surface area (Å²) in [4.78, 5) is 0. The lowest BCUT2D eigenvalue weighted by atomic mass is 10.1. The van der Waals surface area contributed by atoms with Crippen molar-refractivity contribution in [2.75, 3.05) is 0 Å². The van der Waals surface area contributed by atoms with Gasteiger partial charge in [-0.2, -0.15) is 0 Å². The van der Waals surface area contributed by atoms with Crippen molar-refractivity contribution in [3.63, 3.8) is 0 Å². The molecule has 1 aromatic carbocycles. The molecule has 2 aromatic rings. The van der Waals surface area contributed by atoms with Crippen LogP contribution in [0.5, 0.6) is 5.75 Å². The summed E-state index contributed by atoms with van der Waals surface area (Å²) in [6.07, 6.45) is 4.56. The van der Waals surface area contributed by atoms with E-state index in [9.17, 15) is 5.11 Å². The quantitative estimate of drug-likeness (QED) is 0.783. The van der Waals surface area contributed by atoms with Crippen molar-refractivity contribution in [1.82, 2.24) is 4.57 Å². The third-order valence-electron chi connectivity index (χ3n) is 3.07. The Morgan fingerprint density at radius 3 is 2.87 bits per heavy atom. The molecular weight excluding hydrogens is 188 g/mol. The lowest BCUT2D eigenvalue weighted by molar-refractivity contribution is 0.481. The molecule has 0 saturated heterocycles. The fraction of sp³-hybridized carbons (Fsp3) is 0.333.